The molecule has 0 unspecified atom stereocenters. The number of halogens is 1. The van der Waals surface area contributed by atoms with Gasteiger partial charge in [0.1, 0.15) is 6.54 Å². The van der Waals surface area contributed by atoms with Gasteiger partial charge in [-0.1, -0.05) is 23.7 Å². The molecule has 2 aromatic rings. The van der Waals surface area contributed by atoms with Crippen molar-refractivity contribution in [2.45, 2.75) is 6.92 Å². The van der Waals surface area contributed by atoms with Crippen molar-refractivity contribution in [1.82, 2.24) is 4.90 Å². The molecule has 2 aromatic carbocycles. The molecule has 0 aliphatic carbocycles. The van der Waals surface area contributed by atoms with Gasteiger partial charge in [-0.15, -0.1) is 0 Å². The zero-order valence-corrected chi connectivity index (χ0v) is 16.8. The number of amides is 3. The standard InChI is InChI=1S/C20H15ClN2O5S/c1-11-2-4-13(21)8-14(11)22-18(24)9-23-19(25)17(29-20(23)26)7-12-3-5-15-16(6-12)28-10-27-15/h2-8H,9-10H2,1H3,(H,22,24)/b17-7+. The van der Waals surface area contributed by atoms with Gasteiger partial charge >= 0.3 is 0 Å². The van der Waals surface area contributed by atoms with Gasteiger partial charge in [0, 0.05) is 10.7 Å². The minimum atomic E-state index is -0.518. The summed E-state index contributed by atoms with van der Waals surface area (Å²) >= 11 is 6.74. The molecule has 0 bridgehead atoms. The van der Waals surface area contributed by atoms with Gasteiger partial charge in [-0.25, -0.2) is 0 Å². The number of hydrogen-bond acceptors (Lipinski definition) is 6. The Balaban J connectivity index is 1.46. The maximum atomic E-state index is 12.6. The summed E-state index contributed by atoms with van der Waals surface area (Å²) in [5.74, 6) is 0.204. The number of nitrogens with one attached hydrogen (secondary N) is 1. The number of carbonyl (C=O) groups is 3. The quantitative estimate of drug-likeness (QED) is 0.736. The van der Waals surface area contributed by atoms with Crippen molar-refractivity contribution in [3.63, 3.8) is 0 Å². The first-order chi connectivity index (χ1) is 13.9. The highest BCUT2D eigenvalue weighted by atomic mass is 35.5. The maximum Gasteiger partial charge on any atom is 0.294 e. The number of ether oxygens (including phenoxy) is 2. The molecule has 148 valence electrons. The summed E-state index contributed by atoms with van der Waals surface area (Å²) in [4.78, 5) is 38.4. The zero-order chi connectivity index (χ0) is 20.5. The minimum absolute atomic E-state index is 0.149. The van der Waals surface area contributed by atoms with Crippen LogP contribution in [0.3, 0.4) is 0 Å². The topological polar surface area (TPSA) is 84.9 Å². The Labute approximate surface area is 175 Å². The van der Waals surface area contributed by atoms with E-state index in [1.54, 1.807) is 42.5 Å². The summed E-state index contributed by atoms with van der Waals surface area (Å²) in [5, 5.41) is 2.66. The van der Waals surface area contributed by atoms with Crippen molar-refractivity contribution in [3.05, 3.63) is 57.5 Å². The van der Waals surface area contributed by atoms with E-state index in [0.717, 1.165) is 22.2 Å². The SMILES string of the molecule is Cc1ccc(Cl)cc1NC(=O)CN1C(=O)S/C(=C/c2ccc3c(c2)OCO3)C1=O. The summed E-state index contributed by atoms with van der Waals surface area (Å²) in [6, 6.07) is 10.3. The van der Waals surface area contributed by atoms with Gasteiger partial charge < -0.3 is 14.8 Å². The van der Waals surface area contributed by atoms with Gasteiger partial charge in [0.2, 0.25) is 12.7 Å². The summed E-state index contributed by atoms with van der Waals surface area (Å²) < 4.78 is 10.6. The van der Waals surface area contributed by atoms with Crippen molar-refractivity contribution < 1.29 is 23.9 Å². The van der Waals surface area contributed by atoms with E-state index in [1.807, 2.05) is 6.92 Å². The molecule has 0 aromatic heterocycles. The number of nitrogens with zero attached hydrogens (tertiary/aromatic N) is 1. The molecule has 29 heavy (non-hydrogen) atoms. The van der Waals surface area contributed by atoms with Crippen LogP contribution < -0.4 is 14.8 Å². The van der Waals surface area contributed by atoms with Crippen LogP contribution in [0.4, 0.5) is 10.5 Å². The third-order valence-corrected chi connectivity index (χ3v) is 5.49. The van der Waals surface area contributed by atoms with Crippen molar-refractivity contribution in [1.29, 1.82) is 0 Å². The first kappa shape index (κ1) is 19.4. The molecule has 0 spiro atoms. The van der Waals surface area contributed by atoms with Gasteiger partial charge in [0.25, 0.3) is 11.1 Å². The van der Waals surface area contributed by atoms with Crippen LogP contribution in [0.25, 0.3) is 6.08 Å². The Hall–Kier alpha value is -2.97. The molecule has 2 aliphatic rings. The normalized spacial score (nSPS) is 16.6. The lowest BCUT2D eigenvalue weighted by atomic mass is 10.2. The smallest absolute Gasteiger partial charge is 0.294 e. The highest BCUT2D eigenvalue weighted by Crippen LogP contribution is 2.36. The Bertz CT molecular complexity index is 1070. The van der Waals surface area contributed by atoms with Gasteiger partial charge in [-0.3, -0.25) is 19.3 Å². The van der Waals surface area contributed by atoms with E-state index < -0.39 is 17.1 Å². The van der Waals surface area contributed by atoms with E-state index in [4.69, 9.17) is 21.1 Å². The van der Waals surface area contributed by atoms with E-state index >= 15 is 0 Å². The molecule has 7 nitrogen and oxygen atoms in total. The van der Waals surface area contributed by atoms with Gasteiger partial charge in [-0.05, 0) is 60.2 Å². The number of hydrogen-bond donors (Lipinski definition) is 1. The predicted octanol–water partition coefficient (Wildman–Crippen LogP) is 4.05. The molecule has 2 heterocycles. The number of benzene rings is 2. The number of carbonyl (C=O) groups excluding carboxylic acids is 3. The van der Waals surface area contributed by atoms with Crippen LogP contribution in [0.15, 0.2) is 41.3 Å². The van der Waals surface area contributed by atoms with E-state index in [2.05, 4.69) is 5.32 Å². The first-order valence-electron chi connectivity index (χ1n) is 8.62. The van der Waals surface area contributed by atoms with Crippen molar-refractivity contribution in [2.75, 3.05) is 18.7 Å². The zero-order valence-electron chi connectivity index (χ0n) is 15.2. The van der Waals surface area contributed by atoms with E-state index in [1.165, 1.54) is 0 Å². The second-order valence-electron chi connectivity index (χ2n) is 6.39. The number of anilines is 1. The summed E-state index contributed by atoms with van der Waals surface area (Å²) in [5.41, 5.74) is 2.05. The molecular weight excluding hydrogens is 416 g/mol. The Kier molecular flexibility index (Phi) is 5.21. The molecule has 0 atom stereocenters. The van der Waals surface area contributed by atoms with Gasteiger partial charge in [0.05, 0.1) is 4.91 Å². The molecule has 9 heteroatoms. The molecular formula is C20H15ClN2O5S. The number of rotatable bonds is 4. The van der Waals surface area contributed by atoms with E-state index in [9.17, 15) is 14.4 Å². The second-order valence-corrected chi connectivity index (χ2v) is 7.82. The molecule has 3 amide bonds. The summed E-state index contributed by atoms with van der Waals surface area (Å²) in [6.45, 7) is 1.59. The monoisotopic (exact) mass is 430 g/mol. The lowest BCUT2D eigenvalue weighted by Crippen LogP contribution is -2.36. The van der Waals surface area contributed by atoms with E-state index in [0.29, 0.717) is 27.8 Å². The van der Waals surface area contributed by atoms with Crippen molar-refractivity contribution in [2.24, 2.45) is 0 Å². The van der Waals surface area contributed by atoms with Crippen LogP contribution in [-0.2, 0) is 9.59 Å². The molecule has 1 N–H and O–H groups in total. The van der Waals surface area contributed by atoms with Crippen LogP contribution >= 0.6 is 23.4 Å². The number of imide groups is 1. The van der Waals surface area contributed by atoms with Crippen LogP contribution in [0.5, 0.6) is 11.5 Å². The largest absolute Gasteiger partial charge is 0.454 e. The third-order valence-electron chi connectivity index (χ3n) is 4.34. The van der Waals surface area contributed by atoms with Gasteiger partial charge in [-0.2, -0.15) is 0 Å². The Morgan fingerprint density at radius 1 is 1.21 bits per heavy atom. The summed E-state index contributed by atoms with van der Waals surface area (Å²) in [6.07, 6.45) is 1.59. The molecule has 4 rings (SSSR count). The van der Waals surface area contributed by atoms with Crippen LogP contribution in [0.2, 0.25) is 5.02 Å². The first-order valence-corrected chi connectivity index (χ1v) is 9.81. The van der Waals surface area contributed by atoms with Crippen molar-refractivity contribution in [3.8, 4) is 11.5 Å². The highest BCUT2D eigenvalue weighted by molar-refractivity contribution is 8.18. The molecule has 1 saturated heterocycles. The number of fused-ring (bicyclic) bond motifs is 1. The average Bonchev–Trinajstić information content (AvgIpc) is 3.24. The Morgan fingerprint density at radius 2 is 2.00 bits per heavy atom. The Morgan fingerprint density at radius 3 is 2.83 bits per heavy atom. The maximum absolute atomic E-state index is 12.6. The lowest BCUT2D eigenvalue weighted by Gasteiger charge is -2.13. The van der Waals surface area contributed by atoms with Crippen LogP contribution in [-0.4, -0.2) is 35.3 Å². The molecule has 0 saturated carbocycles. The highest BCUT2D eigenvalue weighted by Gasteiger charge is 2.36. The minimum Gasteiger partial charge on any atom is -0.454 e. The van der Waals surface area contributed by atoms with Crippen LogP contribution in [0.1, 0.15) is 11.1 Å². The van der Waals surface area contributed by atoms with Crippen molar-refractivity contribution >= 4 is 52.2 Å². The molecule has 2 aliphatic heterocycles. The van der Waals surface area contributed by atoms with E-state index in [-0.39, 0.29) is 18.2 Å². The molecule has 0 radical (unpaired) electrons. The fourth-order valence-electron chi connectivity index (χ4n) is 2.85. The van der Waals surface area contributed by atoms with Crippen LogP contribution in [0, 0.1) is 6.92 Å². The number of aryl methyl sites for hydroxylation is 1. The number of thioether (sulfide) groups is 1. The average molecular weight is 431 g/mol. The fraction of sp³-hybridized carbons (Fsp3) is 0.150. The third kappa shape index (κ3) is 4.08. The molecule has 1 fully saturated rings. The summed E-state index contributed by atoms with van der Waals surface area (Å²) in [7, 11) is 0. The fourth-order valence-corrected chi connectivity index (χ4v) is 3.86. The second kappa shape index (κ2) is 7.81. The lowest BCUT2D eigenvalue weighted by molar-refractivity contribution is -0.127. The van der Waals surface area contributed by atoms with Gasteiger partial charge in [0.15, 0.2) is 11.5 Å². The predicted molar refractivity (Wildman–Crippen MR) is 110 cm³/mol.